The summed E-state index contributed by atoms with van der Waals surface area (Å²) in [5.41, 5.74) is 0.986. The summed E-state index contributed by atoms with van der Waals surface area (Å²) in [4.78, 5) is 29.5. The standard InChI is InChI=1S/C20H17FN4O2S/c1-13-7-8-14(11-16(13)21)25-19(27)15-5-2-3-6-17(15)24-20(25)28-12-18(26)23-10-4-9-22/h2-3,5-8,11H,4,10,12H2,1H3,(H,23,26). The maximum Gasteiger partial charge on any atom is 0.266 e. The summed E-state index contributed by atoms with van der Waals surface area (Å²) in [6, 6.07) is 13.4. The van der Waals surface area contributed by atoms with Gasteiger partial charge in [0.2, 0.25) is 5.91 Å². The van der Waals surface area contributed by atoms with Gasteiger partial charge in [-0.25, -0.2) is 9.37 Å². The number of fused-ring (bicyclic) bond motifs is 1. The third kappa shape index (κ3) is 4.21. The molecule has 0 radical (unpaired) electrons. The first-order chi connectivity index (χ1) is 13.5. The van der Waals surface area contributed by atoms with E-state index in [1.165, 1.54) is 10.6 Å². The largest absolute Gasteiger partial charge is 0.354 e. The van der Waals surface area contributed by atoms with Gasteiger partial charge in [0, 0.05) is 6.54 Å². The van der Waals surface area contributed by atoms with E-state index in [1.54, 1.807) is 43.3 Å². The van der Waals surface area contributed by atoms with Crippen molar-refractivity contribution in [3.8, 4) is 11.8 Å². The highest BCUT2D eigenvalue weighted by molar-refractivity contribution is 7.99. The second-order valence-corrected chi connectivity index (χ2v) is 6.97. The van der Waals surface area contributed by atoms with E-state index in [1.807, 2.05) is 6.07 Å². The van der Waals surface area contributed by atoms with Gasteiger partial charge in [-0.05, 0) is 36.8 Å². The van der Waals surface area contributed by atoms with Crippen molar-refractivity contribution in [2.75, 3.05) is 12.3 Å². The van der Waals surface area contributed by atoms with Gasteiger partial charge in [0.1, 0.15) is 5.82 Å². The van der Waals surface area contributed by atoms with Crippen molar-refractivity contribution in [3.63, 3.8) is 0 Å². The Labute approximate surface area is 165 Å². The fourth-order valence-corrected chi connectivity index (χ4v) is 3.44. The van der Waals surface area contributed by atoms with Gasteiger partial charge in [-0.15, -0.1) is 0 Å². The number of carbonyl (C=O) groups is 1. The van der Waals surface area contributed by atoms with Crippen LogP contribution in [0.5, 0.6) is 0 Å². The smallest absolute Gasteiger partial charge is 0.266 e. The first-order valence-electron chi connectivity index (χ1n) is 8.56. The molecule has 0 aliphatic heterocycles. The van der Waals surface area contributed by atoms with E-state index in [4.69, 9.17) is 5.26 Å². The molecule has 8 heteroatoms. The number of hydrogen-bond acceptors (Lipinski definition) is 5. The predicted molar refractivity (Wildman–Crippen MR) is 106 cm³/mol. The normalized spacial score (nSPS) is 10.6. The lowest BCUT2D eigenvalue weighted by Crippen LogP contribution is -2.27. The van der Waals surface area contributed by atoms with E-state index in [0.717, 1.165) is 11.8 Å². The minimum Gasteiger partial charge on any atom is -0.354 e. The fraction of sp³-hybridized carbons (Fsp3) is 0.200. The number of nitrogens with zero attached hydrogens (tertiary/aromatic N) is 3. The molecule has 0 saturated heterocycles. The molecule has 6 nitrogen and oxygen atoms in total. The lowest BCUT2D eigenvalue weighted by atomic mass is 10.2. The van der Waals surface area contributed by atoms with E-state index in [0.29, 0.717) is 27.3 Å². The molecule has 0 aliphatic rings. The number of nitriles is 1. The van der Waals surface area contributed by atoms with Crippen molar-refractivity contribution in [2.45, 2.75) is 18.5 Å². The zero-order chi connectivity index (χ0) is 20.1. The third-order valence-electron chi connectivity index (χ3n) is 4.05. The van der Waals surface area contributed by atoms with Crippen LogP contribution in [0.15, 0.2) is 52.4 Å². The fourth-order valence-electron chi connectivity index (χ4n) is 2.60. The molecule has 1 aromatic heterocycles. The summed E-state index contributed by atoms with van der Waals surface area (Å²) < 4.78 is 15.4. The average molecular weight is 396 g/mol. The van der Waals surface area contributed by atoms with E-state index in [2.05, 4.69) is 10.3 Å². The van der Waals surface area contributed by atoms with Crippen LogP contribution in [0, 0.1) is 24.1 Å². The molecule has 0 saturated carbocycles. The molecule has 1 amide bonds. The van der Waals surface area contributed by atoms with Crippen molar-refractivity contribution >= 4 is 28.6 Å². The van der Waals surface area contributed by atoms with Crippen LogP contribution >= 0.6 is 11.8 Å². The number of thioether (sulfide) groups is 1. The summed E-state index contributed by atoms with van der Waals surface area (Å²) in [6.45, 7) is 1.90. The lowest BCUT2D eigenvalue weighted by molar-refractivity contribution is -0.118. The Morgan fingerprint density at radius 2 is 2.11 bits per heavy atom. The van der Waals surface area contributed by atoms with E-state index >= 15 is 0 Å². The van der Waals surface area contributed by atoms with Gasteiger partial charge < -0.3 is 5.32 Å². The number of halogens is 1. The molecule has 142 valence electrons. The van der Waals surface area contributed by atoms with Crippen LogP contribution in [0.4, 0.5) is 4.39 Å². The highest BCUT2D eigenvalue weighted by atomic mass is 32.2. The highest BCUT2D eigenvalue weighted by Crippen LogP contribution is 2.22. The molecule has 3 rings (SSSR count). The Bertz CT molecular complexity index is 1140. The Balaban J connectivity index is 2.02. The molecule has 2 aromatic carbocycles. The number of benzene rings is 2. The number of carbonyl (C=O) groups excluding carboxylic acids is 1. The van der Waals surface area contributed by atoms with Crippen LogP contribution in [-0.4, -0.2) is 27.8 Å². The van der Waals surface area contributed by atoms with E-state index < -0.39 is 5.82 Å². The number of aromatic nitrogens is 2. The summed E-state index contributed by atoms with van der Waals surface area (Å²) in [7, 11) is 0. The van der Waals surface area contributed by atoms with Crippen molar-refractivity contribution < 1.29 is 9.18 Å². The predicted octanol–water partition coefficient (Wildman–Crippen LogP) is 2.96. The Kier molecular flexibility index (Phi) is 6.06. The molecular formula is C20H17FN4O2S. The zero-order valence-electron chi connectivity index (χ0n) is 15.1. The first kappa shape index (κ1) is 19.6. The molecule has 28 heavy (non-hydrogen) atoms. The molecule has 0 atom stereocenters. The molecule has 0 bridgehead atoms. The number of hydrogen-bond donors (Lipinski definition) is 1. The minimum absolute atomic E-state index is 0.0184. The Morgan fingerprint density at radius 3 is 2.86 bits per heavy atom. The molecular weight excluding hydrogens is 379 g/mol. The Morgan fingerprint density at radius 1 is 1.32 bits per heavy atom. The van der Waals surface area contributed by atoms with Crippen molar-refractivity contribution in [3.05, 3.63) is 64.2 Å². The van der Waals surface area contributed by atoms with Gasteiger partial charge in [-0.3, -0.25) is 14.2 Å². The van der Waals surface area contributed by atoms with Crippen molar-refractivity contribution in [1.82, 2.24) is 14.9 Å². The Hall–Kier alpha value is -3.18. The summed E-state index contributed by atoms with van der Waals surface area (Å²) in [5.74, 6) is -0.683. The van der Waals surface area contributed by atoms with Crippen LogP contribution in [-0.2, 0) is 4.79 Å². The molecule has 3 aromatic rings. The van der Waals surface area contributed by atoms with Crippen molar-refractivity contribution in [2.24, 2.45) is 0 Å². The monoisotopic (exact) mass is 396 g/mol. The number of aryl methyl sites for hydroxylation is 1. The molecule has 0 spiro atoms. The zero-order valence-corrected chi connectivity index (χ0v) is 15.9. The second-order valence-electron chi connectivity index (χ2n) is 6.03. The van der Waals surface area contributed by atoms with Crippen molar-refractivity contribution in [1.29, 1.82) is 5.26 Å². The van der Waals surface area contributed by atoms with Crippen LogP contribution in [0.2, 0.25) is 0 Å². The number of amides is 1. The van der Waals surface area contributed by atoms with Crippen LogP contribution < -0.4 is 10.9 Å². The maximum absolute atomic E-state index is 14.1. The van der Waals surface area contributed by atoms with Crippen LogP contribution in [0.3, 0.4) is 0 Å². The summed E-state index contributed by atoms with van der Waals surface area (Å²) >= 11 is 1.08. The lowest BCUT2D eigenvalue weighted by Gasteiger charge is -2.13. The van der Waals surface area contributed by atoms with E-state index in [9.17, 15) is 14.0 Å². The SMILES string of the molecule is Cc1ccc(-n2c(SCC(=O)NCCC#N)nc3ccccc3c2=O)cc1F. The highest BCUT2D eigenvalue weighted by Gasteiger charge is 2.15. The number of nitrogens with one attached hydrogen (secondary N) is 1. The van der Waals surface area contributed by atoms with Gasteiger partial charge in [-0.2, -0.15) is 5.26 Å². The summed E-state index contributed by atoms with van der Waals surface area (Å²) in [5, 5.41) is 11.9. The second kappa shape index (κ2) is 8.67. The minimum atomic E-state index is -0.428. The third-order valence-corrected chi connectivity index (χ3v) is 4.99. The molecule has 0 unspecified atom stereocenters. The topological polar surface area (TPSA) is 87.8 Å². The van der Waals surface area contributed by atoms with Gasteiger partial charge in [0.25, 0.3) is 5.56 Å². The van der Waals surface area contributed by atoms with Gasteiger partial charge in [-0.1, -0.05) is 30.0 Å². The molecule has 1 N–H and O–H groups in total. The van der Waals surface area contributed by atoms with Gasteiger partial charge in [0.05, 0.1) is 34.8 Å². The quantitative estimate of drug-likeness (QED) is 0.393. The maximum atomic E-state index is 14.1. The summed E-state index contributed by atoms with van der Waals surface area (Å²) in [6.07, 6.45) is 0.220. The first-order valence-corrected chi connectivity index (χ1v) is 9.54. The molecule has 1 heterocycles. The molecule has 0 fully saturated rings. The van der Waals surface area contributed by atoms with Gasteiger partial charge >= 0.3 is 0 Å². The van der Waals surface area contributed by atoms with Crippen LogP contribution in [0.1, 0.15) is 12.0 Å². The molecule has 0 aliphatic carbocycles. The number of rotatable bonds is 6. The van der Waals surface area contributed by atoms with E-state index in [-0.39, 0.29) is 30.2 Å². The average Bonchev–Trinajstić information content (AvgIpc) is 2.69. The van der Waals surface area contributed by atoms with Crippen LogP contribution in [0.25, 0.3) is 16.6 Å². The van der Waals surface area contributed by atoms with Gasteiger partial charge in [0.15, 0.2) is 5.16 Å². The number of para-hydroxylation sites is 1.